The second-order valence-electron chi connectivity index (χ2n) is 1.54. The maximum atomic E-state index is 8.38. The van der Waals surface area contributed by atoms with Crippen molar-refractivity contribution >= 4 is 0 Å². The van der Waals surface area contributed by atoms with Gasteiger partial charge in [0.25, 0.3) is 0 Å². The van der Waals surface area contributed by atoms with E-state index < -0.39 is 0 Å². The first-order chi connectivity index (χ1) is 3.31. The molecule has 0 aromatic carbocycles. The molecule has 0 aromatic rings. The van der Waals surface area contributed by atoms with Crippen LogP contribution in [0.4, 0.5) is 0 Å². The quantitative estimate of drug-likeness (QED) is 0.517. The Balaban J connectivity index is 2.83. The lowest BCUT2D eigenvalue weighted by Gasteiger charge is -2.05. The number of nitrogens with one attached hydrogen (secondary N) is 1. The highest BCUT2D eigenvalue weighted by Gasteiger charge is 1.91. The zero-order valence-corrected chi connectivity index (χ0v) is 4.65. The zero-order chi connectivity index (χ0) is 5.70. The van der Waals surface area contributed by atoms with Crippen molar-refractivity contribution in [3.8, 4) is 0 Å². The monoisotopic (exact) mass is 102 g/mol. The maximum absolute atomic E-state index is 8.38. The van der Waals surface area contributed by atoms with E-state index in [2.05, 4.69) is 12.2 Å². The van der Waals surface area contributed by atoms with Crippen molar-refractivity contribution in [3.63, 3.8) is 0 Å². The molecule has 0 saturated carbocycles. The number of hydrogen-bond acceptors (Lipinski definition) is 2. The first kappa shape index (κ1) is 6.92. The minimum atomic E-state index is 0.190. The summed E-state index contributed by atoms with van der Waals surface area (Å²) in [6, 6.07) is 0.192. The molecule has 7 heavy (non-hydrogen) atoms. The molecule has 43 valence electrons. The normalized spacial score (nSPS) is 14.1. The molecule has 0 saturated heterocycles. The minimum absolute atomic E-state index is 0.190. The number of hydrogen-bond donors (Lipinski definition) is 2. The fourth-order valence-electron chi connectivity index (χ4n) is 0.311. The highest BCUT2D eigenvalue weighted by molar-refractivity contribution is 4.56. The third-order valence-electron chi connectivity index (χ3n) is 0.767. The third-order valence-corrected chi connectivity index (χ3v) is 0.767. The number of rotatable bonds is 3. The smallest absolute Gasteiger partial charge is 0.0581 e. The summed E-state index contributed by atoms with van der Waals surface area (Å²) in [5.41, 5.74) is 0. The standard InChI is InChI=1S/C5H12NO/c1-3-6-5(2)4-7/h5-7H,1,3-4H2,2H3. The van der Waals surface area contributed by atoms with Crippen molar-refractivity contribution in [1.29, 1.82) is 0 Å². The summed E-state index contributed by atoms with van der Waals surface area (Å²) in [5, 5.41) is 11.3. The van der Waals surface area contributed by atoms with Gasteiger partial charge in [0.15, 0.2) is 0 Å². The van der Waals surface area contributed by atoms with Gasteiger partial charge in [0, 0.05) is 6.04 Å². The Bertz CT molecular complexity index is 39.1. The van der Waals surface area contributed by atoms with E-state index in [0.717, 1.165) is 0 Å². The predicted molar refractivity (Wildman–Crippen MR) is 29.9 cm³/mol. The predicted octanol–water partition coefficient (Wildman–Crippen LogP) is -0.209. The molecule has 0 fully saturated rings. The fraction of sp³-hybridized carbons (Fsp3) is 0.800. The lowest BCUT2D eigenvalue weighted by Crippen LogP contribution is -2.28. The van der Waals surface area contributed by atoms with Crippen LogP contribution in [-0.4, -0.2) is 24.3 Å². The Morgan fingerprint density at radius 2 is 2.43 bits per heavy atom. The van der Waals surface area contributed by atoms with Crippen molar-refractivity contribution in [2.24, 2.45) is 0 Å². The molecular weight excluding hydrogens is 90.1 g/mol. The molecule has 0 aliphatic carbocycles. The molecule has 1 atom stereocenters. The zero-order valence-electron chi connectivity index (χ0n) is 4.65. The van der Waals surface area contributed by atoms with Gasteiger partial charge >= 0.3 is 0 Å². The minimum Gasteiger partial charge on any atom is -0.395 e. The summed E-state index contributed by atoms with van der Waals surface area (Å²) in [6.07, 6.45) is 0. The van der Waals surface area contributed by atoms with Gasteiger partial charge in [-0.2, -0.15) is 0 Å². The van der Waals surface area contributed by atoms with Gasteiger partial charge in [-0.25, -0.2) is 0 Å². The van der Waals surface area contributed by atoms with Crippen LogP contribution in [0.1, 0.15) is 6.92 Å². The van der Waals surface area contributed by atoms with Crippen LogP contribution in [0.5, 0.6) is 0 Å². The third kappa shape index (κ3) is 3.76. The molecule has 0 bridgehead atoms. The van der Waals surface area contributed by atoms with E-state index in [0.29, 0.717) is 6.54 Å². The van der Waals surface area contributed by atoms with Crippen LogP contribution in [0.25, 0.3) is 0 Å². The molecule has 0 aromatic heterocycles. The lowest BCUT2D eigenvalue weighted by atomic mass is 10.4. The average Bonchev–Trinajstić information content (AvgIpc) is 1.68. The van der Waals surface area contributed by atoms with Gasteiger partial charge in [-0.1, -0.05) is 0 Å². The van der Waals surface area contributed by atoms with E-state index >= 15 is 0 Å². The Morgan fingerprint density at radius 3 is 2.57 bits per heavy atom. The SMILES string of the molecule is [CH2]CNC(C)CO. The topological polar surface area (TPSA) is 32.3 Å². The van der Waals surface area contributed by atoms with Gasteiger partial charge in [0.1, 0.15) is 0 Å². The van der Waals surface area contributed by atoms with Gasteiger partial charge < -0.3 is 10.4 Å². The first-order valence-electron chi connectivity index (χ1n) is 2.44. The molecule has 1 radical (unpaired) electrons. The van der Waals surface area contributed by atoms with Gasteiger partial charge in [-0.15, -0.1) is 0 Å². The Labute approximate surface area is 44.5 Å². The van der Waals surface area contributed by atoms with Crippen molar-refractivity contribution in [2.45, 2.75) is 13.0 Å². The Kier molecular flexibility index (Phi) is 4.04. The molecule has 1 unspecified atom stereocenters. The molecule has 0 amide bonds. The summed E-state index contributed by atoms with van der Waals surface area (Å²) < 4.78 is 0. The van der Waals surface area contributed by atoms with Crippen molar-refractivity contribution in [1.82, 2.24) is 5.32 Å². The van der Waals surface area contributed by atoms with E-state index in [1.807, 2.05) is 6.92 Å². The first-order valence-corrected chi connectivity index (χ1v) is 2.44. The van der Waals surface area contributed by atoms with Crippen LogP contribution in [0.2, 0.25) is 0 Å². The highest BCUT2D eigenvalue weighted by atomic mass is 16.3. The molecule has 2 nitrogen and oxygen atoms in total. The maximum Gasteiger partial charge on any atom is 0.0581 e. The van der Waals surface area contributed by atoms with E-state index in [1.54, 1.807) is 0 Å². The molecular formula is C5H12NO. The summed E-state index contributed by atoms with van der Waals surface area (Å²) >= 11 is 0. The Morgan fingerprint density at radius 1 is 1.86 bits per heavy atom. The van der Waals surface area contributed by atoms with Gasteiger partial charge in [0.2, 0.25) is 0 Å². The molecule has 0 rings (SSSR count). The van der Waals surface area contributed by atoms with Crippen LogP contribution < -0.4 is 5.32 Å². The van der Waals surface area contributed by atoms with Crippen LogP contribution in [0.15, 0.2) is 0 Å². The van der Waals surface area contributed by atoms with Gasteiger partial charge in [-0.05, 0) is 20.4 Å². The highest BCUT2D eigenvalue weighted by Crippen LogP contribution is 1.73. The summed E-state index contributed by atoms with van der Waals surface area (Å²) in [7, 11) is 0. The molecule has 0 aliphatic heterocycles. The van der Waals surface area contributed by atoms with E-state index in [-0.39, 0.29) is 12.6 Å². The van der Waals surface area contributed by atoms with Crippen LogP contribution >= 0.6 is 0 Å². The molecule has 0 heterocycles. The Hall–Kier alpha value is -0.0800. The van der Waals surface area contributed by atoms with Crippen molar-refractivity contribution in [2.75, 3.05) is 13.2 Å². The fourth-order valence-corrected chi connectivity index (χ4v) is 0.311. The van der Waals surface area contributed by atoms with Crippen LogP contribution in [0.3, 0.4) is 0 Å². The van der Waals surface area contributed by atoms with Crippen LogP contribution in [0, 0.1) is 6.92 Å². The molecule has 0 spiro atoms. The molecule has 2 N–H and O–H groups in total. The largest absolute Gasteiger partial charge is 0.395 e. The van der Waals surface area contributed by atoms with E-state index in [1.165, 1.54) is 0 Å². The molecule has 2 heteroatoms. The summed E-state index contributed by atoms with van der Waals surface area (Å²) in [4.78, 5) is 0. The summed E-state index contributed by atoms with van der Waals surface area (Å²) in [5.74, 6) is 0. The van der Waals surface area contributed by atoms with Crippen LogP contribution in [-0.2, 0) is 0 Å². The second kappa shape index (κ2) is 4.09. The summed E-state index contributed by atoms with van der Waals surface area (Å²) in [6.45, 7) is 6.33. The van der Waals surface area contributed by atoms with E-state index in [4.69, 9.17) is 5.11 Å². The molecule has 0 aliphatic rings. The van der Waals surface area contributed by atoms with Gasteiger partial charge in [0.05, 0.1) is 6.61 Å². The van der Waals surface area contributed by atoms with Crippen molar-refractivity contribution in [3.05, 3.63) is 6.92 Å². The number of aliphatic hydroxyl groups excluding tert-OH is 1. The van der Waals surface area contributed by atoms with Crippen molar-refractivity contribution < 1.29 is 5.11 Å². The number of aliphatic hydroxyl groups is 1. The average molecular weight is 102 g/mol. The second-order valence-corrected chi connectivity index (χ2v) is 1.54. The van der Waals surface area contributed by atoms with E-state index in [9.17, 15) is 0 Å². The lowest BCUT2D eigenvalue weighted by molar-refractivity contribution is 0.255. The van der Waals surface area contributed by atoms with Gasteiger partial charge in [-0.3, -0.25) is 0 Å².